The zero-order chi connectivity index (χ0) is 26.5. The van der Waals surface area contributed by atoms with Gasteiger partial charge >= 0.3 is 0 Å². The second kappa shape index (κ2) is 11.2. The van der Waals surface area contributed by atoms with Gasteiger partial charge in [-0.2, -0.15) is 0 Å². The number of para-hydroxylation sites is 1. The molecule has 0 radical (unpaired) electrons. The van der Waals surface area contributed by atoms with Gasteiger partial charge in [0.15, 0.2) is 0 Å². The van der Waals surface area contributed by atoms with Gasteiger partial charge in [-0.3, -0.25) is 9.69 Å². The Labute approximate surface area is 221 Å². The van der Waals surface area contributed by atoms with E-state index >= 15 is 0 Å². The highest BCUT2D eigenvalue weighted by atomic mass is 32.2. The van der Waals surface area contributed by atoms with Crippen LogP contribution in [0.25, 0.3) is 10.8 Å². The van der Waals surface area contributed by atoms with Gasteiger partial charge in [-0.15, -0.1) is 0 Å². The topological polar surface area (TPSA) is 128 Å². The van der Waals surface area contributed by atoms with Gasteiger partial charge in [-0.1, -0.05) is 12.1 Å². The average molecular weight is 535 g/mol. The highest BCUT2D eigenvalue weighted by Gasteiger charge is 2.18. The van der Waals surface area contributed by atoms with Gasteiger partial charge in [-0.05, 0) is 86.9 Å². The van der Waals surface area contributed by atoms with E-state index in [1.54, 1.807) is 36.5 Å². The predicted molar refractivity (Wildman–Crippen MR) is 149 cm³/mol. The minimum absolute atomic E-state index is 0.0881. The quantitative estimate of drug-likeness (QED) is 0.242. The molecule has 0 atom stereocenters. The molecule has 4 N–H and O–H groups in total. The van der Waals surface area contributed by atoms with Gasteiger partial charge in [0.1, 0.15) is 28.9 Å². The molecule has 5 rings (SSSR count). The fraction of sp³-hybridized carbons (Fsp3) is 0.259. The lowest BCUT2D eigenvalue weighted by Gasteiger charge is -2.16. The molecule has 1 aliphatic heterocycles. The molecular weight excluding hydrogens is 504 g/mol. The number of nitrogens with zero attached hydrogens (tertiary/aromatic N) is 2. The summed E-state index contributed by atoms with van der Waals surface area (Å²) in [6.45, 7) is 3.82. The summed E-state index contributed by atoms with van der Waals surface area (Å²) in [7, 11) is -2.34. The van der Waals surface area contributed by atoms with Gasteiger partial charge in [0.2, 0.25) is 10.0 Å². The third-order valence-electron chi connectivity index (χ3n) is 6.45. The molecule has 2 aromatic carbocycles. The van der Waals surface area contributed by atoms with Gasteiger partial charge in [-0.25, -0.2) is 18.1 Å². The fourth-order valence-corrected chi connectivity index (χ4v) is 5.38. The Morgan fingerprint density at radius 2 is 1.79 bits per heavy atom. The first kappa shape index (κ1) is 25.7. The van der Waals surface area contributed by atoms with Crippen molar-refractivity contribution in [1.82, 2.24) is 19.6 Å². The second-order valence-corrected chi connectivity index (χ2v) is 10.9. The van der Waals surface area contributed by atoms with Gasteiger partial charge in [0.05, 0.1) is 11.1 Å². The number of rotatable bonds is 10. The van der Waals surface area contributed by atoms with Crippen LogP contribution < -0.4 is 25.7 Å². The molecule has 10 nitrogen and oxygen atoms in total. The van der Waals surface area contributed by atoms with Crippen molar-refractivity contribution in [3.8, 4) is 5.75 Å². The van der Waals surface area contributed by atoms with Crippen LogP contribution in [0.5, 0.6) is 5.75 Å². The van der Waals surface area contributed by atoms with E-state index in [1.807, 2.05) is 24.3 Å². The number of anilines is 4. The highest BCUT2D eigenvalue weighted by Crippen LogP contribution is 2.29. The molecule has 0 amide bonds. The van der Waals surface area contributed by atoms with Crippen LogP contribution in [-0.4, -0.2) is 56.6 Å². The van der Waals surface area contributed by atoms with Crippen molar-refractivity contribution >= 4 is 43.8 Å². The number of hydrogen-bond donors (Lipinski definition) is 4. The van der Waals surface area contributed by atoms with Crippen LogP contribution in [0.15, 0.2) is 76.6 Å². The summed E-state index contributed by atoms with van der Waals surface area (Å²) < 4.78 is 33.2. The Bertz CT molecular complexity index is 1580. The summed E-state index contributed by atoms with van der Waals surface area (Å²) in [6, 6.07) is 17.5. The van der Waals surface area contributed by atoms with Crippen LogP contribution >= 0.6 is 0 Å². The summed E-state index contributed by atoms with van der Waals surface area (Å²) in [6.07, 6.45) is 4.07. The lowest BCUT2D eigenvalue weighted by atomic mass is 10.2. The molecule has 0 spiro atoms. The summed E-state index contributed by atoms with van der Waals surface area (Å²) in [5, 5.41) is 7.36. The molecule has 11 heteroatoms. The largest absolute Gasteiger partial charge is 0.492 e. The van der Waals surface area contributed by atoms with Crippen LogP contribution in [-0.2, 0) is 10.0 Å². The Kier molecular flexibility index (Phi) is 7.59. The van der Waals surface area contributed by atoms with Crippen LogP contribution in [0.3, 0.4) is 0 Å². The predicted octanol–water partition coefficient (Wildman–Crippen LogP) is 3.79. The maximum absolute atomic E-state index is 12.7. The summed E-state index contributed by atoms with van der Waals surface area (Å²) >= 11 is 0. The molecule has 1 fully saturated rings. The minimum atomic E-state index is -3.70. The fourth-order valence-electron chi connectivity index (χ4n) is 4.49. The molecule has 1 saturated heterocycles. The Hall–Kier alpha value is -3.93. The number of pyridine rings is 2. The zero-order valence-electron chi connectivity index (χ0n) is 21.0. The summed E-state index contributed by atoms with van der Waals surface area (Å²) in [4.78, 5) is 22.5. The van der Waals surface area contributed by atoms with E-state index in [0.29, 0.717) is 34.7 Å². The third-order valence-corrected chi connectivity index (χ3v) is 7.93. The van der Waals surface area contributed by atoms with Crippen molar-refractivity contribution in [1.29, 1.82) is 0 Å². The first-order valence-corrected chi connectivity index (χ1v) is 14.0. The van der Waals surface area contributed by atoms with Crippen molar-refractivity contribution in [2.24, 2.45) is 0 Å². The minimum Gasteiger partial charge on any atom is -0.492 e. The SMILES string of the molecule is CNS(=O)(=O)c1ccccc1Nc1cc2cc[nH]c(=O)c2c(Nc2ccc(OCCN3CCCC3)cc2)n1. The number of nitrogens with one attached hydrogen (secondary N) is 4. The Balaban J connectivity index is 1.39. The molecule has 1 aliphatic rings. The number of benzene rings is 2. The lowest BCUT2D eigenvalue weighted by Crippen LogP contribution is -2.25. The average Bonchev–Trinajstić information content (AvgIpc) is 3.43. The van der Waals surface area contributed by atoms with E-state index < -0.39 is 10.0 Å². The number of ether oxygens (including phenoxy) is 1. The Morgan fingerprint density at radius 3 is 2.55 bits per heavy atom. The third kappa shape index (κ3) is 5.80. The van der Waals surface area contributed by atoms with Crippen molar-refractivity contribution in [3.05, 3.63) is 77.2 Å². The van der Waals surface area contributed by atoms with E-state index in [2.05, 4.69) is 30.2 Å². The molecule has 198 valence electrons. The van der Waals surface area contributed by atoms with Gasteiger partial charge < -0.3 is 20.4 Å². The van der Waals surface area contributed by atoms with Crippen molar-refractivity contribution in [3.63, 3.8) is 0 Å². The molecule has 0 unspecified atom stereocenters. The van der Waals surface area contributed by atoms with E-state index in [1.165, 1.54) is 26.0 Å². The number of aromatic nitrogens is 2. The highest BCUT2D eigenvalue weighted by molar-refractivity contribution is 7.89. The van der Waals surface area contributed by atoms with Crippen molar-refractivity contribution in [2.45, 2.75) is 17.7 Å². The number of hydrogen-bond acceptors (Lipinski definition) is 8. The maximum atomic E-state index is 12.7. The molecule has 4 aromatic rings. The van der Waals surface area contributed by atoms with Crippen LogP contribution in [0, 0.1) is 0 Å². The molecule has 2 aromatic heterocycles. The number of fused-ring (bicyclic) bond motifs is 1. The normalized spacial score (nSPS) is 14.0. The van der Waals surface area contributed by atoms with Crippen LogP contribution in [0.1, 0.15) is 12.8 Å². The number of likely N-dealkylation sites (tertiary alicyclic amines) is 1. The maximum Gasteiger partial charge on any atom is 0.259 e. The van der Waals surface area contributed by atoms with Gasteiger partial charge in [0.25, 0.3) is 5.56 Å². The molecule has 0 bridgehead atoms. The first-order valence-electron chi connectivity index (χ1n) is 12.5. The molecule has 0 saturated carbocycles. The zero-order valence-corrected chi connectivity index (χ0v) is 21.8. The number of sulfonamides is 1. The first-order chi connectivity index (χ1) is 18.4. The Morgan fingerprint density at radius 1 is 1.03 bits per heavy atom. The van der Waals surface area contributed by atoms with Crippen molar-refractivity contribution in [2.75, 3.05) is 43.9 Å². The molecule has 3 heterocycles. The summed E-state index contributed by atoms with van der Waals surface area (Å²) in [5.74, 6) is 1.48. The number of H-pyrrole nitrogens is 1. The van der Waals surface area contributed by atoms with Crippen LogP contribution in [0.2, 0.25) is 0 Å². The van der Waals surface area contributed by atoms with Crippen molar-refractivity contribution < 1.29 is 13.2 Å². The smallest absolute Gasteiger partial charge is 0.259 e. The summed E-state index contributed by atoms with van der Waals surface area (Å²) in [5.41, 5.74) is 0.799. The lowest BCUT2D eigenvalue weighted by molar-refractivity contribution is 0.238. The van der Waals surface area contributed by atoms with E-state index in [4.69, 9.17) is 4.74 Å². The standard InChI is InChI=1S/C27H30N6O4S/c1-28-38(35,36)23-7-3-2-6-22(23)31-24-18-19-12-13-29-27(34)25(19)26(32-24)30-20-8-10-21(11-9-20)37-17-16-33-14-4-5-15-33/h2-3,6-13,18,28H,4-5,14-17H2,1H3,(H,29,34)(H2,30,31,32). The molecular formula is C27H30N6O4S. The molecule has 0 aliphatic carbocycles. The molecule has 38 heavy (non-hydrogen) atoms. The van der Waals surface area contributed by atoms with E-state index in [0.717, 1.165) is 31.1 Å². The van der Waals surface area contributed by atoms with E-state index in [9.17, 15) is 13.2 Å². The van der Waals surface area contributed by atoms with Crippen LogP contribution in [0.4, 0.5) is 23.0 Å². The number of aromatic amines is 1. The second-order valence-electron chi connectivity index (χ2n) is 9.00. The monoisotopic (exact) mass is 534 g/mol. The van der Waals surface area contributed by atoms with Gasteiger partial charge in [0, 0.05) is 18.4 Å². The van der Waals surface area contributed by atoms with E-state index in [-0.39, 0.29) is 10.5 Å².